The average Bonchev–Trinajstić information content (AvgIpc) is 3.40. The van der Waals surface area contributed by atoms with E-state index in [1.165, 1.54) is 0 Å². The first-order valence-electron chi connectivity index (χ1n) is 26.6. The number of hydrogen-bond acceptors (Lipinski definition) is 8. The molecule has 1 aliphatic heterocycles. The van der Waals surface area contributed by atoms with Gasteiger partial charge in [-0.1, -0.05) is 228 Å². The Morgan fingerprint density at radius 1 is 0.308 bits per heavy atom. The lowest BCUT2D eigenvalue weighted by Crippen LogP contribution is -2.17. The Balaban J connectivity index is 1.43. The lowest BCUT2D eigenvalue weighted by atomic mass is 9.87. The molecular weight excluding hydrogens is 1040 g/mol. The van der Waals surface area contributed by atoms with E-state index >= 15 is 8.42 Å². The quantitative estimate of drug-likeness (QED) is 0.120. The van der Waals surface area contributed by atoms with Gasteiger partial charge in [-0.3, -0.25) is 0 Å². The SMILES string of the molecule is CC(C)(C)c1cc2c(OCc3ccccc3)c(c1)Sc1cc(C(C)(C)C)cc(c1OCc1ccccc1)S(=O)c1cc(C(C)(C)C)cc(c1OCc1ccccc1)S(=O)c1cc(C(C)(C)C)cc(c1OCc1ccccc1)S2. The van der Waals surface area contributed by atoms with Crippen molar-refractivity contribution in [2.24, 2.45) is 0 Å². The van der Waals surface area contributed by atoms with Crippen LogP contribution in [0.5, 0.6) is 23.0 Å². The molecule has 0 aliphatic carbocycles. The van der Waals surface area contributed by atoms with E-state index in [0.717, 1.165) is 64.1 Å². The summed E-state index contributed by atoms with van der Waals surface area (Å²) < 4.78 is 61.8. The first-order valence-corrected chi connectivity index (χ1v) is 30.5. The van der Waals surface area contributed by atoms with E-state index in [2.05, 4.69) is 119 Å². The fourth-order valence-corrected chi connectivity index (χ4v) is 14.1. The summed E-state index contributed by atoms with van der Waals surface area (Å²) in [6.45, 7) is 27.0. The molecular formula is C68H72O6S4. The molecule has 0 fully saturated rings. The standard InChI is InChI=1S/C68H72O6S4/c1-65(2,3)49-33-53-61(71-41-45-25-17-13-18-26-45)54(34-49)76-56-36-51(67(7,8)9)38-58(63(56)73-43-47-29-21-15-22-30-47)78(70)60-40-52(68(10,11)12)39-59(64(60)74-44-48-31-23-16-24-32-48)77(69)57-37-50(66(4,5)6)35-55(75-53)62(57)72-42-46-27-19-14-20-28-46/h13-40H,41-44H2,1-12H3. The van der Waals surface area contributed by atoms with Gasteiger partial charge in [0.05, 0.1) is 60.8 Å². The largest absolute Gasteiger partial charge is 0.487 e. The topological polar surface area (TPSA) is 71.1 Å². The fraction of sp³-hybridized carbons (Fsp3) is 0.294. The molecule has 2 unspecified atom stereocenters. The highest BCUT2D eigenvalue weighted by atomic mass is 32.2. The summed E-state index contributed by atoms with van der Waals surface area (Å²) in [5.74, 6) is 1.95. The number of fused-ring (bicyclic) bond motifs is 8. The van der Waals surface area contributed by atoms with Crippen LogP contribution in [0.1, 0.15) is 128 Å². The van der Waals surface area contributed by atoms with E-state index < -0.39 is 27.0 Å². The maximum absolute atomic E-state index is 16.7. The highest BCUT2D eigenvalue weighted by molar-refractivity contribution is 8.00. The number of hydrogen-bond donors (Lipinski definition) is 0. The van der Waals surface area contributed by atoms with Crippen molar-refractivity contribution in [1.82, 2.24) is 0 Å². The Morgan fingerprint density at radius 3 is 0.808 bits per heavy atom. The summed E-state index contributed by atoms with van der Waals surface area (Å²) in [5.41, 5.74) is 6.22. The van der Waals surface area contributed by atoms with Gasteiger partial charge in [0.15, 0.2) is 5.75 Å². The summed E-state index contributed by atoms with van der Waals surface area (Å²) in [7, 11) is -3.98. The normalized spacial score (nSPS) is 14.9. The maximum atomic E-state index is 16.7. The van der Waals surface area contributed by atoms with E-state index in [1.54, 1.807) is 23.5 Å². The Labute approximate surface area is 477 Å². The minimum atomic E-state index is -1.99. The van der Waals surface area contributed by atoms with Gasteiger partial charge < -0.3 is 18.9 Å². The maximum Gasteiger partial charge on any atom is 0.152 e. The van der Waals surface area contributed by atoms with Crippen LogP contribution >= 0.6 is 23.5 Å². The second-order valence-corrected chi connectivity index (χ2v) is 29.0. The first-order chi connectivity index (χ1) is 37.0. The Kier molecular flexibility index (Phi) is 17.0. The fourth-order valence-electron chi connectivity index (χ4n) is 8.85. The molecule has 0 amide bonds. The van der Waals surface area contributed by atoms with Crippen LogP contribution in [0.4, 0.5) is 0 Å². The predicted octanol–water partition coefficient (Wildman–Crippen LogP) is 18.1. The van der Waals surface area contributed by atoms with Crippen LogP contribution in [0.25, 0.3) is 0 Å². The molecule has 8 aromatic rings. The van der Waals surface area contributed by atoms with Gasteiger partial charge in [0.2, 0.25) is 0 Å². The van der Waals surface area contributed by atoms with Crippen molar-refractivity contribution >= 4 is 45.1 Å². The summed E-state index contributed by atoms with van der Waals surface area (Å²) in [4.78, 5) is 5.07. The monoisotopic (exact) mass is 1110 g/mol. The molecule has 9 rings (SSSR count). The third-order valence-electron chi connectivity index (χ3n) is 13.7. The van der Waals surface area contributed by atoms with Crippen LogP contribution in [-0.2, 0) is 69.7 Å². The van der Waals surface area contributed by atoms with Crippen molar-refractivity contribution < 1.29 is 27.4 Å². The lowest BCUT2D eigenvalue weighted by molar-refractivity contribution is 0.286. The van der Waals surface area contributed by atoms with Gasteiger partial charge in [-0.05, 0) is 115 Å². The molecule has 6 nitrogen and oxygen atoms in total. The van der Waals surface area contributed by atoms with E-state index in [0.29, 0.717) is 49.2 Å². The number of ether oxygens (including phenoxy) is 4. The molecule has 78 heavy (non-hydrogen) atoms. The Bertz CT molecular complexity index is 3290. The van der Waals surface area contributed by atoms with Gasteiger partial charge in [0, 0.05) is 0 Å². The van der Waals surface area contributed by atoms with Gasteiger partial charge in [0.1, 0.15) is 43.7 Å². The summed E-state index contributed by atoms with van der Waals surface area (Å²) in [6, 6.07) is 57.2. The summed E-state index contributed by atoms with van der Waals surface area (Å²) in [6.07, 6.45) is 0. The van der Waals surface area contributed by atoms with Crippen LogP contribution in [0.2, 0.25) is 0 Å². The second kappa shape index (κ2) is 23.3. The zero-order chi connectivity index (χ0) is 55.6. The van der Waals surface area contributed by atoms with Gasteiger partial charge in [-0.25, -0.2) is 8.42 Å². The molecule has 0 aromatic heterocycles. The third kappa shape index (κ3) is 13.3. The highest BCUT2D eigenvalue weighted by Gasteiger charge is 2.34. The Morgan fingerprint density at radius 2 is 0.526 bits per heavy atom. The molecule has 0 saturated heterocycles. The van der Waals surface area contributed by atoms with Crippen LogP contribution in [-0.4, -0.2) is 8.42 Å². The molecule has 1 heterocycles. The van der Waals surface area contributed by atoms with Crippen molar-refractivity contribution in [3.8, 4) is 23.0 Å². The first kappa shape index (κ1) is 56.7. The van der Waals surface area contributed by atoms with E-state index in [1.807, 2.05) is 133 Å². The van der Waals surface area contributed by atoms with E-state index in [-0.39, 0.29) is 36.1 Å². The van der Waals surface area contributed by atoms with Gasteiger partial charge in [0.25, 0.3) is 0 Å². The van der Waals surface area contributed by atoms with Gasteiger partial charge >= 0.3 is 0 Å². The molecule has 0 N–H and O–H groups in total. The molecule has 10 heteroatoms. The molecule has 8 bridgehead atoms. The van der Waals surface area contributed by atoms with E-state index in [4.69, 9.17) is 18.9 Å². The minimum absolute atomic E-state index is 0.140. The third-order valence-corrected chi connectivity index (χ3v) is 18.6. The van der Waals surface area contributed by atoms with Crippen molar-refractivity contribution in [1.29, 1.82) is 0 Å². The second-order valence-electron chi connectivity index (χ2n) is 24.0. The van der Waals surface area contributed by atoms with Crippen molar-refractivity contribution in [3.63, 3.8) is 0 Å². The van der Waals surface area contributed by atoms with Crippen LogP contribution in [0, 0.1) is 0 Å². The molecule has 2 atom stereocenters. The zero-order valence-electron chi connectivity index (χ0n) is 47.1. The molecule has 8 aromatic carbocycles. The smallest absolute Gasteiger partial charge is 0.152 e. The summed E-state index contributed by atoms with van der Waals surface area (Å²) in [5, 5.41) is 0. The van der Waals surface area contributed by atoms with Crippen molar-refractivity contribution in [2.75, 3.05) is 0 Å². The Hall–Kier alpha value is -6.04. The van der Waals surface area contributed by atoms with Crippen LogP contribution in [0.3, 0.4) is 0 Å². The number of rotatable bonds is 12. The molecule has 0 radical (unpaired) electrons. The van der Waals surface area contributed by atoms with Gasteiger partial charge in [-0.2, -0.15) is 0 Å². The van der Waals surface area contributed by atoms with Gasteiger partial charge in [-0.15, -0.1) is 0 Å². The zero-order valence-corrected chi connectivity index (χ0v) is 50.3. The lowest BCUT2D eigenvalue weighted by Gasteiger charge is -2.28. The molecule has 0 spiro atoms. The molecule has 1 aliphatic rings. The van der Waals surface area contributed by atoms with Crippen molar-refractivity contribution in [3.05, 3.63) is 214 Å². The minimum Gasteiger partial charge on any atom is -0.487 e. The average molecular weight is 1110 g/mol. The number of benzene rings is 8. The highest BCUT2D eigenvalue weighted by Crippen LogP contribution is 2.54. The van der Waals surface area contributed by atoms with E-state index in [9.17, 15) is 0 Å². The summed E-state index contributed by atoms with van der Waals surface area (Å²) >= 11 is 3.13. The molecule has 0 saturated carbocycles. The van der Waals surface area contributed by atoms with Crippen molar-refractivity contribution in [2.45, 2.75) is 170 Å². The molecule has 404 valence electrons. The predicted molar refractivity (Wildman–Crippen MR) is 321 cm³/mol. The van der Waals surface area contributed by atoms with Crippen LogP contribution in [0.15, 0.2) is 209 Å². The van der Waals surface area contributed by atoms with Crippen LogP contribution < -0.4 is 18.9 Å².